The van der Waals surface area contributed by atoms with E-state index in [4.69, 9.17) is 5.73 Å². The molecule has 1 saturated heterocycles. The van der Waals surface area contributed by atoms with Gasteiger partial charge in [0.1, 0.15) is 0 Å². The average Bonchev–Trinajstić information content (AvgIpc) is 2.45. The van der Waals surface area contributed by atoms with E-state index in [2.05, 4.69) is 49.2 Å². The quantitative estimate of drug-likeness (QED) is 0.873. The molecule has 4 heteroatoms. The summed E-state index contributed by atoms with van der Waals surface area (Å²) in [5.74, 6) is -0.185. The van der Waals surface area contributed by atoms with E-state index in [1.165, 1.54) is 16.8 Å². The van der Waals surface area contributed by atoms with Crippen molar-refractivity contribution < 1.29 is 4.79 Å². The van der Waals surface area contributed by atoms with Crippen LogP contribution in [0.2, 0.25) is 0 Å². The van der Waals surface area contributed by atoms with Gasteiger partial charge in [0, 0.05) is 31.4 Å². The number of primary amides is 1. The monoisotopic (exact) mass is 289 g/mol. The second kappa shape index (κ2) is 6.94. The summed E-state index contributed by atoms with van der Waals surface area (Å²) in [5.41, 5.74) is 9.26. The fraction of sp³-hybridized carbons (Fsp3) is 0.588. The van der Waals surface area contributed by atoms with Gasteiger partial charge in [-0.25, -0.2) is 0 Å². The lowest BCUT2D eigenvalue weighted by Gasteiger charge is -2.34. The minimum absolute atomic E-state index is 0.0135. The van der Waals surface area contributed by atoms with E-state index < -0.39 is 0 Å². The van der Waals surface area contributed by atoms with E-state index in [1.807, 2.05) is 0 Å². The van der Waals surface area contributed by atoms with Crippen LogP contribution in [-0.4, -0.2) is 25.0 Å². The van der Waals surface area contributed by atoms with Crippen LogP contribution in [0.3, 0.4) is 0 Å². The van der Waals surface area contributed by atoms with Crippen LogP contribution in [0.4, 0.5) is 5.69 Å². The topological polar surface area (TPSA) is 58.4 Å². The maximum absolute atomic E-state index is 11.4. The summed E-state index contributed by atoms with van der Waals surface area (Å²) in [6.45, 7) is 9.09. The Morgan fingerprint density at radius 3 is 2.86 bits per heavy atom. The zero-order valence-corrected chi connectivity index (χ0v) is 13.4. The molecular formula is C17H27N3O. The van der Waals surface area contributed by atoms with E-state index in [0.717, 1.165) is 32.5 Å². The molecule has 4 nitrogen and oxygen atoms in total. The lowest BCUT2D eigenvalue weighted by atomic mass is 9.96. The van der Waals surface area contributed by atoms with Gasteiger partial charge in [0.2, 0.25) is 5.91 Å². The second-order valence-corrected chi connectivity index (χ2v) is 6.34. The van der Waals surface area contributed by atoms with Crippen LogP contribution in [0.15, 0.2) is 18.2 Å². The third kappa shape index (κ3) is 4.21. The maximum Gasteiger partial charge on any atom is 0.222 e. The van der Waals surface area contributed by atoms with Gasteiger partial charge in [0.25, 0.3) is 0 Å². The lowest BCUT2D eigenvalue weighted by Crippen LogP contribution is -2.41. The van der Waals surface area contributed by atoms with Crippen molar-refractivity contribution in [2.75, 3.05) is 18.0 Å². The van der Waals surface area contributed by atoms with Crippen LogP contribution in [0.5, 0.6) is 0 Å². The standard InChI is InChI=1S/C17H27N3O/c1-12(2)19-10-14-6-7-16(13(3)9-14)20-8-4-5-15(11-20)17(18)21/h6-7,9,12,15,19H,4-5,8,10-11H2,1-3H3,(H2,18,21). The number of amides is 1. The third-order valence-corrected chi connectivity index (χ3v) is 4.14. The highest BCUT2D eigenvalue weighted by Crippen LogP contribution is 2.26. The smallest absolute Gasteiger partial charge is 0.222 e. The van der Waals surface area contributed by atoms with Crippen molar-refractivity contribution in [3.05, 3.63) is 29.3 Å². The molecule has 0 spiro atoms. The molecule has 1 atom stereocenters. The molecule has 1 aromatic rings. The van der Waals surface area contributed by atoms with Crippen LogP contribution < -0.4 is 16.0 Å². The number of hydrogen-bond donors (Lipinski definition) is 2. The Bertz CT molecular complexity index is 499. The first-order valence-corrected chi connectivity index (χ1v) is 7.84. The molecule has 1 fully saturated rings. The molecular weight excluding hydrogens is 262 g/mol. The first-order chi connectivity index (χ1) is 9.97. The highest BCUT2D eigenvalue weighted by molar-refractivity contribution is 5.77. The number of rotatable bonds is 5. The van der Waals surface area contributed by atoms with E-state index in [1.54, 1.807) is 0 Å². The zero-order valence-electron chi connectivity index (χ0n) is 13.4. The molecule has 1 amide bonds. The van der Waals surface area contributed by atoms with Crippen molar-refractivity contribution in [1.29, 1.82) is 0 Å². The molecule has 21 heavy (non-hydrogen) atoms. The van der Waals surface area contributed by atoms with Gasteiger partial charge in [-0.15, -0.1) is 0 Å². The van der Waals surface area contributed by atoms with Crippen LogP contribution in [0.25, 0.3) is 0 Å². The number of benzene rings is 1. The van der Waals surface area contributed by atoms with Gasteiger partial charge < -0.3 is 16.0 Å². The number of piperidine rings is 1. The Balaban J connectivity index is 2.07. The van der Waals surface area contributed by atoms with Crippen molar-refractivity contribution in [2.45, 2.75) is 46.2 Å². The summed E-state index contributed by atoms with van der Waals surface area (Å²) < 4.78 is 0. The van der Waals surface area contributed by atoms with Gasteiger partial charge in [0.15, 0.2) is 0 Å². The normalized spacial score (nSPS) is 19.0. The Hall–Kier alpha value is -1.55. The summed E-state index contributed by atoms with van der Waals surface area (Å²) in [6.07, 6.45) is 1.95. The number of carbonyl (C=O) groups is 1. The molecule has 116 valence electrons. The van der Waals surface area contributed by atoms with Gasteiger partial charge in [0.05, 0.1) is 5.92 Å². The minimum Gasteiger partial charge on any atom is -0.371 e. The third-order valence-electron chi connectivity index (χ3n) is 4.14. The number of nitrogens with zero attached hydrogens (tertiary/aromatic N) is 1. The van der Waals surface area contributed by atoms with E-state index in [0.29, 0.717) is 6.04 Å². The van der Waals surface area contributed by atoms with Crippen molar-refractivity contribution >= 4 is 11.6 Å². The molecule has 1 aromatic carbocycles. The fourth-order valence-electron chi connectivity index (χ4n) is 2.93. The van der Waals surface area contributed by atoms with Crippen molar-refractivity contribution in [1.82, 2.24) is 5.32 Å². The number of hydrogen-bond acceptors (Lipinski definition) is 3. The van der Waals surface area contributed by atoms with Crippen LogP contribution in [0, 0.1) is 12.8 Å². The van der Waals surface area contributed by atoms with Crippen LogP contribution >= 0.6 is 0 Å². The molecule has 0 saturated carbocycles. The van der Waals surface area contributed by atoms with Gasteiger partial charge in [-0.3, -0.25) is 4.79 Å². The number of nitrogens with two attached hydrogens (primary N) is 1. The Labute approximate surface area is 127 Å². The van der Waals surface area contributed by atoms with Gasteiger partial charge in [-0.2, -0.15) is 0 Å². The summed E-state index contributed by atoms with van der Waals surface area (Å²) >= 11 is 0. The Morgan fingerprint density at radius 2 is 2.24 bits per heavy atom. The van der Waals surface area contributed by atoms with Gasteiger partial charge in [-0.1, -0.05) is 26.0 Å². The van der Waals surface area contributed by atoms with Crippen molar-refractivity contribution in [2.24, 2.45) is 11.7 Å². The molecule has 2 rings (SSSR count). The largest absolute Gasteiger partial charge is 0.371 e. The predicted molar refractivity (Wildman–Crippen MR) is 87.3 cm³/mol. The predicted octanol–water partition coefficient (Wildman–Crippen LogP) is 2.19. The number of nitrogens with one attached hydrogen (secondary N) is 1. The second-order valence-electron chi connectivity index (χ2n) is 6.34. The fourth-order valence-corrected chi connectivity index (χ4v) is 2.93. The van der Waals surface area contributed by atoms with E-state index in [9.17, 15) is 4.79 Å². The molecule has 3 N–H and O–H groups in total. The summed E-state index contributed by atoms with van der Waals surface area (Å²) in [4.78, 5) is 13.7. The van der Waals surface area contributed by atoms with Crippen molar-refractivity contribution in [3.63, 3.8) is 0 Å². The SMILES string of the molecule is Cc1cc(CNC(C)C)ccc1N1CCCC(C(N)=O)C1. The molecule has 0 bridgehead atoms. The van der Waals surface area contributed by atoms with E-state index in [-0.39, 0.29) is 11.8 Å². The Kier molecular flexibility index (Phi) is 5.23. The molecule has 0 radical (unpaired) electrons. The summed E-state index contributed by atoms with van der Waals surface area (Å²) in [5, 5.41) is 3.44. The van der Waals surface area contributed by atoms with Gasteiger partial charge >= 0.3 is 0 Å². The highest BCUT2D eigenvalue weighted by Gasteiger charge is 2.24. The number of aryl methyl sites for hydroxylation is 1. The summed E-state index contributed by atoms with van der Waals surface area (Å²) in [6, 6.07) is 7.07. The molecule has 1 aliphatic rings. The highest BCUT2D eigenvalue weighted by atomic mass is 16.1. The average molecular weight is 289 g/mol. The van der Waals surface area contributed by atoms with Crippen LogP contribution in [0.1, 0.15) is 37.8 Å². The first-order valence-electron chi connectivity index (χ1n) is 7.84. The molecule has 1 heterocycles. The van der Waals surface area contributed by atoms with Crippen molar-refractivity contribution in [3.8, 4) is 0 Å². The maximum atomic E-state index is 11.4. The summed E-state index contributed by atoms with van der Waals surface area (Å²) in [7, 11) is 0. The van der Waals surface area contributed by atoms with E-state index >= 15 is 0 Å². The minimum atomic E-state index is -0.171. The molecule has 0 aliphatic carbocycles. The molecule has 1 unspecified atom stereocenters. The van der Waals surface area contributed by atoms with Gasteiger partial charge in [-0.05, 0) is 37.0 Å². The number of anilines is 1. The molecule has 1 aliphatic heterocycles. The number of carbonyl (C=O) groups excluding carboxylic acids is 1. The Morgan fingerprint density at radius 1 is 1.48 bits per heavy atom. The zero-order chi connectivity index (χ0) is 15.4. The molecule has 0 aromatic heterocycles. The first kappa shape index (κ1) is 15.8. The lowest BCUT2D eigenvalue weighted by molar-refractivity contribution is -0.122. The van der Waals surface area contributed by atoms with Crippen LogP contribution in [-0.2, 0) is 11.3 Å².